The molecule has 0 saturated carbocycles. The Hall–Kier alpha value is -0.880. The van der Waals surface area contributed by atoms with Crippen molar-refractivity contribution in [1.82, 2.24) is 0 Å². The fourth-order valence-electron chi connectivity index (χ4n) is 1.03. The number of hydrogen-bond acceptors (Lipinski definition) is 3. The molecule has 0 fully saturated rings. The molecule has 0 aliphatic carbocycles. The summed E-state index contributed by atoms with van der Waals surface area (Å²) in [4.78, 5) is 11.2. The summed E-state index contributed by atoms with van der Waals surface area (Å²) >= 11 is 6.37. The Kier molecular flexibility index (Phi) is 4.09. The van der Waals surface area contributed by atoms with Crippen molar-refractivity contribution in [1.29, 1.82) is 0 Å². The van der Waals surface area contributed by atoms with Crippen LogP contribution in [0.15, 0.2) is 23.1 Å². The van der Waals surface area contributed by atoms with Crippen LogP contribution in [0.4, 0.5) is 13.2 Å². The zero-order chi connectivity index (χ0) is 12.3. The predicted molar refractivity (Wildman–Crippen MR) is 55.1 cm³/mol. The number of hydrogen-bond donors (Lipinski definition) is 0. The van der Waals surface area contributed by atoms with Gasteiger partial charge in [-0.2, -0.15) is 0 Å². The van der Waals surface area contributed by atoms with Crippen LogP contribution in [0.2, 0.25) is 0 Å². The number of carbonyl (C=O) groups excluding carboxylic acids is 1. The second-order valence-electron chi connectivity index (χ2n) is 2.68. The maximum Gasteiger partial charge on any atom is 0.573 e. The summed E-state index contributed by atoms with van der Waals surface area (Å²) in [7, 11) is 0. The average molecular weight is 271 g/mol. The molecule has 0 atom stereocenters. The maximum absolute atomic E-state index is 11.9. The molecule has 0 unspecified atom stereocenters. The average Bonchev–Trinajstić information content (AvgIpc) is 2.14. The highest BCUT2D eigenvalue weighted by molar-refractivity contribution is 7.98. The van der Waals surface area contributed by atoms with Crippen molar-refractivity contribution in [2.24, 2.45) is 0 Å². The lowest BCUT2D eigenvalue weighted by Gasteiger charge is -2.10. The van der Waals surface area contributed by atoms with Gasteiger partial charge >= 0.3 is 6.36 Å². The molecule has 0 aromatic heterocycles. The highest BCUT2D eigenvalue weighted by Crippen LogP contribution is 2.30. The minimum Gasteiger partial charge on any atom is -0.406 e. The van der Waals surface area contributed by atoms with Gasteiger partial charge in [-0.25, -0.2) is 0 Å². The SMILES string of the molecule is CSc1cc(OC(F)(F)F)ccc1C(=O)Cl. The van der Waals surface area contributed by atoms with E-state index in [-0.39, 0.29) is 11.3 Å². The molecule has 0 spiro atoms. The Morgan fingerprint density at radius 2 is 2.06 bits per heavy atom. The third kappa shape index (κ3) is 3.61. The molecule has 7 heteroatoms. The number of benzene rings is 1. The number of halogens is 4. The first-order valence-corrected chi connectivity index (χ1v) is 5.57. The summed E-state index contributed by atoms with van der Waals surface area (Å²) in [5.41, 5.74) is 0.156. The second-order valence-corrected chi connectivity index (χ2v) is 3.87. The minimum absolute atomic E-state index is 0.156. The molecule has 2 nitrogen and oxygen atoms in total. The zero-order valence-electron chi connectivity index (χ0n) is 7.97. The first-order chi connectivity index (χ1) is 7.33. The van der Waals surface area contributed by atoms with Gasteiger partial charge in [0.25, 0.3) is 5.24 Å². The normalized spacial score (nSPS) is 11.3. The highest BCUT2D eigenvalue weighted by Gasteiger charge is 2.31. The Labute approximate surface area is 98.7 Å². The van der Waals surface area contributed by atoms with Crippen LogP contribution in [-0.2, 0) is 0 Å². The van der Waals surface area contributed by atoms with E-state index >= 15 is 0 Å². The molecule has 0 bridgehead atoms. The van der Waals surface area contributed by atoms with Crippen LogP contribution in [0.25, 0.3) is 0 Å². The number of ether oxygens (including phenoxy) is 1. The van der Waals surface area contributed by atoms with Crippen molar-refractivity contribution in [3.63, 3.8) is 0 Å². The Bertz CT molecular complexity index is 406. The fraction of sp³-hybridized carbons (Fsp3) is 0.222. The van der Waals surface area contributed by atoms with Crippen molar-refractivity contribution in [2.45, 2.75) is 11.3 Å². The summed E-state index contributed by atoms with van der Waals surface area (Å²) < 4.78 is 39.5. The van der Waals surface area contributed by atoms with E-state index in [0.29, 0.717) is 4.90 Å². The van der Waals surface area contributed by atoms with E-state index in [4.69, 9.17) is 11.6 Å². The van der Waals surface area contributed by atoms with Crippen molar-refractivity contribution in [3.05, 3.63) is 23.8 Å². The molecule has 0 aliphatic rings. The molecule has 1 rings (SSSR count). The molecule has 0 aliphatic heterocycles. The topological polar surface area (TPSA) is 26.3 Å². The molecule has 0 heterocycles. The molecule has 88 valence electrons. The van der Waals surface area contributed by atoms with Crippen LogP contribution in [0.3, 0.4) is 0 Å². The number of rotatable bonds is 3. The Morgan fingerprint density at radius 3 is 2.50 bits per heavy atom. The van der Waals surface area contributed by atoms with E-state index in [1.54, 1.807) is 6.26 Å². The lowest BCUT2D eigenvalue weighted by atomic mass is 10.2. The quantitative estimate of drug-likeness (QED) is 0.619. The molecule has 16 heavy (non-hydrogen) atoms. The van der Waals surface area contributed by atoms with E-state index in [1.807, 2.05) is 0 Å². The summed E-state index contributed by atoms with van der Waals surface area (Å²) in [6.45, 7) is 0. The molecule has 0 amide bonds. The smallest absolute Gasteiger partial charge is 0.406 e. The van der Waals surface area contributed by atoms with Gasteiger partial charge in [0.15, 0.2) is 0 Å². The zero-order valence-corrected chi connectivity index (χ0v) is 9.54. The van der Waals surface area contributed by atoms with Crippen LogP contribution in [0.1, 0.15) is 10.4 Å². The van der Waals surface area contributed by atoms with Gasteiger partial charge in [-0.3, -0.25) is 4.79 Å². The Balaban J connectivity index is 3.05. The molecular weight excluding hydrogens is 265 g/mol. The van der Waals surface area contributed by atoms with E-state index in [9.17, 15) is 18.0 Å². The first kappa shape index (κ1) is 13.2. The van der Waals surface area contributed by atoms with Crippen LogP contribution in [0, 0.1) is 0 Å². The van der Waals surface area contributed by atoms with E-state index in [0.717, 1.165) is 23.9 Å². The standard InChI is InChI=1S/C9H6ClF3O2S/c1-16-7-4-5(15-9(11,12)13)2-3-6(7)8(10)14/h2-4H,1H3. The van der Waals surface area contributed by atoms with Crippen molar-refractivity contribution in [2.75, 3.05) is 6.26 Å². The molecule has 0 saturated heterocycles. The van der Waals surface area contributed by atoms with E-state index < -0.39 is 11.6 Å². The lowest BCUT2D eigenvalue weighted by molar-refractivity contribution is -0.274. The van der Waals surface area contributed by atoms with Gasteiger partial charge < -0.3 is 4.74 Å². The van der Waals surface area contributed by atoms with Gasteiger partial charge in [0, 0.05) is 10.5 Å². The molecular formula is C9H6ClF3O2S. The van der Waals surface area contributed by atoms with E-state index in [1.165, 1.54) is 6.07 Å². The van der Waals surface area contributed by atoms with Gasteiger partial charge in [0.05, 0.1) is 0 Å². The van der Waals surface area contributed by atoms with Crippen LogP contribution in [-0.4, -0.2) is 17.9 Å². The van der Waals surface area contributed by atoms with Crippen LogP contribution < -0.4 is 4.74 Å². The third-order valence-electron chi connectivity index (χ3n) is 1.62. The number of thioether (sulfide) groups is 1. The van der Waals surface area contributed by atoms with Crippen LogP contribution in [0.5, 0.6) is 5.75 Å². The largest absolute Gasteiger partial charge is 0.573 e. The van der Waals surface area contributed by atoms with Crippen LogP contribution >= 0.6 is 23.4 Å². The van der Waals surface area contributed by atoms with Crippen molar-refractivity contribution >= 4 is 28.6 Å². The predicted octanol–water partition coefficient (Wildman–Crippen LogP) is 3.69. The monoisotopic (exact) mass is 270 g/mol. The van der Waals surface area contributed by atoms with Crippen molar-refractivity contribution < 1.29 is 22.7 Å². The van der Waals surface area contributed by atoms with Gasteiger partial charge in [-0.1, -0.05) is 0 Å². The van der Waals surface area contributed by atoms with E-state index in [2.05, 4.69) is 4.74 Å². The number of alkyl halides is 3. The lowest BCUT2D eigenvalue weighted by Crippen LogP contribution is -2.17. The Morgan fingerprint density at radius 1 is 1.44 bits per heavy atom. The van der Waals surface area contributed by atoms with Gasteiger partial charge in [-0.15, -0.1) is 24.9 Å². The van der Waals surface area contributed by atoms with Gasteiger partial charge in [0.1, 0.15) is 5.75 Å². The maximum atomic E-state index is 11.9. The first-order valence-electron chi connectivity index (χ1n) is 3.97. The summed E-state index contributed by atoms with van der Waals surface area (Å²) in [5.74, 6) is -0.376. The molecule has 1 aromatic rings. The number of carbonyl (C=O) groups is 1. The summed E-state index contributed by atoms with van der Waals surface area (Å²) in [5, 5.41) is -0.720. The summed E-state index contributed by atoms with van der Waals surface area (Å²) in [6.07, 6.45) is -3.13. The molecule has 0 radical (unpaired) electrons. The van der Waals surface area contributed by atoms with Gasteiger partial charge in [-0.05, 0) is 36.1 Å². The fourth-order valence-corrected chi connectivity index (χ4v) is 1.87. The summed E-state index contributed by atoms with van der Waals surface area (Å²) in [6, 6.07) is 3.36. The second kappa shape index (κ2) is 4.97. The highest BCUT2D eigenvalue weighted by atomic mass is 35.5. The molecule has 0 N–H and O–H groups in total. The van der Waals surface area contributed by atoms with Crippen molar-refractivity contribution in [3.8, 4) is 5.75 Å². The third-order valence-corrected chi connectivity index (χ3v) is 2.60. The van der Waals surface area contributed by atoms with Gasteiger partial charge in [0.2, 0.25) is 0 Å². The molecule has 1 aromatic carbocycles. The minimum atomic E-state index is -4.75.